The molecule has 2 aromatic carbocycles. The van der Waals surface area contributed by atoms with Gasteiger partial charge in [-0.15, -0.1) is 0 Å². The van der Waals surface area contributed by atoms with E-state index in [2.05, 4.69) is 5.10 Å². The molecule has 0 bridgehead atoms. The van der Waals surface area contributed by atoms with Gasteiger partial charge in [-0.05, 0) is 36.4 Å². The molecule has 3 aromatic rings. The summed E-state index contributed by atoms with van der Waals surface area (Å²) in [6.07, 6.45) is -0.965. The van der Waals surface area contributed by atoms with E-state index < -0.39 is 6.10 Å². The van der Waals surface area contributed by atoms with Gasteiger partial charge in [-0.25, -0.2) is 9.07 Å². The molecule has 3 rings (SSSR count). The van der Waals surface area contributed by atoms with E-state index in [4.69, 9.17) is 11.6 Å². The Morgan fingerprint density at radius 1 is 1.08 bits per heavy atom. The van der Waals surface area contributed by atoms with Crippen LogP contribution in [0.1, 0.15) is 11.7 Å². The molecular formula is C18H14ClFN2O2. The summed E-state index contributed by atoms with van der Waals surface area (Å²) >= 11 is 6.06. The van der Waals surface area contributed by atoms with Gasteiger partial charge in [0.1, 0.15) is 11.9 Å². The van der Waals surface area contributed by atoms with Crippen LogP contribution in [0.5, 0.6) is 0 Å². The van der Waals surface area contributed by atoms with Crippen molar-refractivity contribution in [3.8, 4) is 11.3 Å². The molecule has 6 heteroatoms. The summed E-state index contributed by atoms with van der Waals surface area (Å²) in [4.78, 5) is 12.0. The Bertz CT molecular complexity index is 909. The average Bonchev–Trinajstić information content (AvgIpc) is 2.58. The molecule has 4 nitrogen and oxygen atoms in total. The van der Waals surface area contributed by atoms with Crippen molar-refractivity contribution in [1.29, 1.82) is 0 Å². The molecule has 1 heterocycles. The maximum absolute atomic E-state index is 13.0. The smallest absolute Gasteiger partial charge is 0.266 e. The molecule has 0 saturated carbocycles. The number of halogens is 2. The molecule has 1 unspecified atom stereocenters. The Morgan fingerprint density at radius 3 is 2.50 bits per heavy atom. The Labute approximate surface area is 142 Å². The lowest BCUT2D eigenvalue weighted by Crippen LogP contribution is -2.25. The lowest BCUT2D eigenvalue weighted by molar-refractivity contribution is 0.149. The molecule has 0 radical (unpaired) electrons. The van der Waals surface area contributed by atoms with E-state index >= 15 is 0 Å². The Hall–Kier alpha value is -2.50. The predicted octanol–water partition coefficient (Wildman–Crippen LogP) is 3.44. The first-order valence-corrected chi connectivity index (χ1v) is 7.69. The standard InChI is InChI=1S/C18H14ClFN2O2/c19-15-4-2-1-3-14(15)17(23)11-22-18(24)10-9-16(21-22)12-5-7-13(20)8-6-12/h1-10,17,23H,11H2. The zero-order valence-corrected chi connectivity index (χ0v) is 13.3. The van der Waals surface area contributed by atoms with Gasteiger partial charge in [0.25, 0.3) is 5.56 Å². The van der Waals surface area contributed by atoms with Crippen LogP contribution in [-0.4, -0.2) is 14.9 Å². The molecule has 0 spiro atoms. The summed E-state index contributed by atoms with van der Waals surface area (Å²) in [5.74, 6) is -0.346. The maximum atomic E-state index is 13.0. The van der Waals surface area contributed by atoms with Gasteiger partial charge in [0.2, 0.25) is 0 Å². The highest BCUT2D eigenvalue weighted by molar-refractivity contribution is 6.31. The Kier molecular flexibility index (Phi) is 4.74. The van der Waals surface area contributed by atoms with E-state index in [0.29, 0.717) is 21.8 Å². The summed E-state index contributed by atoms with van der Waals surface area (Å²) in [5.41, 5.74) is 1.38. The molecule has 122 valence electrons. The number of benzene rings is 2. The number of hydrogen-bond donors (Lipinski definition) is 1. The topological polar surface area (TPSA) is 55.1 Å². The van der Waals surface area contributed by atoms with Gasteiger partial charge >= 0.3 is 0 Å². The van der Waals surface area contributed by atoms with Crippen molar-refractivity contribution in [2.75, 3.05) is 0 Å². The summed E-state index contributed by atoms with van der Waals surface area (Å²) < 4.78 is 14.2. The highest BCUT2D eigenvalue weighted by Gasteiger charge is 2.14. The molecule has 0 fully saturated rings. The van der Waals surface area contributed by atoms with Crippen molar-refractivity contribution >= 4 is 11.6 Å². The Balaban J connectivity index is 1.91. The highest BCUT2D eigenvalue weighted by Crippen LogP contribution is 2.23. The molecule has 0 amide bonds. The molecule has 24 heavy (non-hydrogen) atoms. The van der Waals surface area contributed by atoms with Gasteiger partial charge < -0.3 is 5.11 Å². The van der Waals surface area contributed by atoms with Crippen molar-refractivity contribution < 1.29 is 9.50 Å². The zero-order chi connectivity index (χ0) is 17.1. The normalized spacial score (nSPS) is 12.1. The Morgan fingerprint density at radius 2 is 1.79 bits per heavy atom. The molecule has 0 aliphatic carbocycles. The van der Waals surface area contributed by atoms with Gasteiger partial charge in [-0.2, -0.15) is 5.10 Å². The van der Waals surface area contributed by atoms with E-state index in [1.165, 1.54) is 22.9 Å². The summed E-state index contributed by atoms with van der Waals surface area (Å²) in [7, 11) is 0. The third-order valence-corrected chi connectivity index (χ3v) is 3.96. The van der Waals surface area contributed by atoms with Gasteiger partial charge in [0.05, 0.1) is 12.2 Å². The van der Waals surface area contributed by atoms with Crippen LogP contribution in [0.15, 0.2) is 65.5 Å². The fourth-order valence-corrected chi connectivity index (χ4v) is 2.62. The van der Waals surface area contributed by atoms with Gasteiger partial charge in [-0.1, -0.05) is 29.8 Å². The number of nitrogens with zero attached hydrogens (tertiary/aromatic N) is 2. The van der Waals surface area contributed by atoms with Gasteiger partial charge in [-0.3, -0.25) is 4.79 Å². The molecule has 0 aliphatic heterocycles. The van der Waals surface area contributed by atoms with E-state index in [-0.39, 0.29) is 17.9 Å². The minimum Gasteiger partial charge on any atom is -0.386 e. The van der Waals surface area contributed by atoms with E-state index in [1.54, 1.807) is 42.5 Å². The summed E-state index contributed by atoms with van der Waals surface area (Å²) in [6, 6.07) is 15.6. The fraction of sp³-hybridized carbons (Fsp3) is 0.111. The van der Waals surface area contributed by atoms with Crippen molar-refractivity contribution in [3.63, 3.8) is 0 Å². The zero-order valence-electron chi connectivity index (χ0n) is 12.6. The van der Waals surface area contributed by atoms with E-state index in [9.17, 15) is 14.3 Å². The number of aromatic nitrogens is 2. The van der Waals surface area contributed by atoms with Crippen LogP contribution in [0.3, 0.4) is 0 Å². The number of hydrogen-bond acceptors (Lipinski definition) is 3. The van der Waals surface area contributed by atoms with E-state index in [0.717, 1.165) is 0 Å². The first-order valence-electron chi connectivity index (χ1n) is 7.31. The molecule has 0 saturated heterocycles. The number of aliphatic hydroxyl groups is 1. The monoisotopic (exact) mass is 344 g/mol. The third-order valence-electron chi connectivity index (χ3n) is 3.62. The van der Waals surface area contributed by atoms with Crippen molar-refractivity contribution in [2.45, 2.75) is 12.6 Å². The summed E-state index contributed by atoms with van der Waals surface area (Å²) in [5, 5.41) is 15.0. The number of rotatable bonds is 4. The van der Waals surface area contributed by atoms with Crippen molar-refractivity contribution in [1.82, 2.24) is 9.78 Å². The maximum Gasteiger partial charge on any atom is 0.266 e. The number of aliphatic hydroxyl groups excluding tert-OH is 1. The minimum atomic E-state index is -0.965. The molecule has 1 atom stereocenters. The molecular weight excluding hydrogens is 331 g/mol. The average molecular weight is 345 g/mol. The van der Waals surface area contributed by atoms with Gasteiger partial charge in [0, 0.05) is 22.2 Å². The van der Waals surface area contributed by atoms with Crippen LogP contribution in [0, 0.1) is 5.82 Å². The lowest BCUT2D eigenvalue weighted by Gasteiger charge is -2.14. The van der Waals surface area contributed by atoms with Crippen LogP contribution in [0.2, 0.25) is 5.02 Å². The van der Waals surface area contributed by atoms with Crippen LogP contribution in [0.4, 0.5) is 4.39 Å². The second-order valence-corrected chi connectivity index (χ2v) is 5.69. The van der Waals surface area contributed by atoms with Crippen LogP contribution in [0.25, 0.3) is 11.3 Å². The second-order valence-electron chi connectivity index (χ2n) is 5.28. The summed E-state index contributed by atoms with van der Waals surface area (Å²) in [6.45, 7) is -0.0302. The minimum absolute atomic E-state index is 0.0302. The first-order chi connectivity index (χ1) is 11.5. The highest BCUT2D eigenvalue weighted by atomic mass is 35.5. The fourth-order valence-electron chi connectivity index (χ4n) is 2.36. The largest absolute Gasteiger partial charge is 0.386 e. The van der Waals surface area contributed by atoms with Crippen molar-refractivity contribution in [3.05, 3.63) is 87.4 Å². The van der Waals surface area contributed by atoms with Crippen LogP contribution < -0.4 is 5.56 Å². The van der Waals surface area contributed by atoms with Crippen LogP contribution >= 0.6 is 11.6 Å². The quantitative estimate of drug-likeness (QED) is 0.788. The molecule has 1 aromatic heterocycles. The third kappa shape index (κ3) is 3.53. The molecule has 1 N–H and O–H groups in total. The van der Waals surface area contributed by atoms with Crippen LogP contribution in [-0.2, 0) is 6.54 Å². The predicted molar refractivity (Wildman–Crippen MR) is 90.3 cm³/mol. The SMILES string of the molecule is O=c1ccc(-c2ccc(F)cc2)nn1CC(O)c1ccccc1Cl. The lowest BCUT2D eigenvalue weighted by atomic mass is 10.1. The first kappa shape index (κ1) is 16.4. The van der Waals surface area contributed by atoms with Crippen molar-refractivity contribution in [2.24, 2.45) is 0 Å². The van der Waals surface area contributed by atoms with E-state index in [1.807, 2.05) is 0 Å². The second kappa shape index (κ2) is 6.95. The van der Waals surface area contributed by atoms with Gasteiger partial charge in [0.15, 0.2) is 0 Å². The molecule has 0 aliphatic rings.